The van der Waals surface area contributed by atoms with Crippen molar-refractivity contribution in [3.63, 3.8) is 0 Å². The predicted molar refractivity (Wildman–Crippen MR) is 160 cm³/mol. The number of amides is 1. The van der Waals surface area contributed by atoms with Gasteiger partial charge in [0.15, 0.2) is 21.1 Å². The van der Waals surface area contributed by atoms with Crippen LogP contribution in [-0.2, 0) is 20.2 Å². The second-order valence-corrected chi connectivity index (χ2v) is 12.5. The Hall–Kier alpha value is -5.00. The maximum atomic E-state index is 12.9. The van der Waals surface area contributed by atoms with E-state index >= 15 is 0 Å². The monoisotopic (exact) mass is 658 g/mol. The van der Waals surface area contributed by atoms with Gasteiger partial charge in [0.2, 0.25) is 0 Å². The van der Waals surface area contributed by atoms with Crippen LogP contribution in [0.25, 0.3) is 43.9 Å². The second-order valence-electron chi connectivity index (χ2n) is 9.80. The lowest BCUT2D eigenvalue weighted by molar-refractivity contribution is 0.0697. The Bertz CT molecular complexity index is 2140. The summed E-state index contributed by atoms with van der Waals surface area (Å²) >= 11 is 0. The minimum atomic E-state index is -5.16. The zero-order chi connectivity index (χ0) is 33.1. The van der Waals surface area contributed by atoms with E-state index in [2.05, 4.69) is 15.3 Å². The normalized spacial score (nSPS) is 11.8. The smallest absolute Gasteiger partial charge is 0.336 e. The first kappa shape index (κ1) is 32.9. The highest BCUT2D eigenvalue weighted by atomic mass is 32.2. The lowest BCUT2D eigenvalue weighted by atomic mass is 9.89. The van der Waals surface area contributed by atoms with Crippen LogP contribution in [0.1, 0.15) is 46.4 Å². The molecule has 0 fully saturated rings. The largest absolute Gasteiger partial charge is 0.478 e. The van der Waals surface area contributed by atoms with Crippen LogP contribution in [0.3, 0.4) is 0 Å². The summed E-state index contributed by atoms with van der Waals surface area (Å²) in [6, 6.07) is 8.24. The molecule has 0 radical (unpaired) electrons. The first-order valence-corrected chi connectivity index (χ1v) is 16.0. The third-order valence-electron chi connectivity index (χ3n) is 6.83. The average Bonchev–Trinajstić information content (AvgIpc) is 2.95. The van der Waals surface area contributed by atoms with Crippen LogP contribution in [0, 0.1) is 5.41 Å². The Labute approximate surface area is 255 Å². The number of hydrogen-bond acceptors (Lipinski definition) is 10. The summed E-state index contributed by atoms with van der Waals surface area (Å²) in [6.45, 7) is 0.660. The number of unbranched alkanes of at least 4 members (excludes halogenated alkanes) is 3. The number of carboxylic acids is 1. The van der Waals surface area contributed by atoms with Gasteiger partial charge in [0.25, 0.3) is 26.1 Å². The van der Waals surface area contributed by atoms with E-state index in [9.17, 15) is 40.6 Å². The minimum Gasteiger partial charge on any atom is -0.478 e. The summed E-state index contributed by atoms with van der Waals surface area (Å²) in [4.78, 5) is 26.0. The maximum Gasteiger partial charge on any atom is 0.336 e. The fourth-order valence-electron chi connectivity index (χ4n) is 4.89. The zero-order valence-electron chi connectivity index (χ0n) is 23.2. The van der Waals surface area contributed by atoms with Crippen LogP contribution in [0.5, 0.6) is 0 Å². The quantitative estimate of drug-likeness (QED) is 0.0240. The Balaban J connectivity index is 1.89. The van der Waals surface area contributed by atoms with Crippen LogP contribution in [0.4, 0.5) is 5.69 Å². The molecule has 2 aliphatic rings. The molecule has 18 heteroatoms. The van der Waals surface area contributed by atoms with Crippen molar-refractivity contribution in [3.8, 4) is 22.5 Å². The molecule has 1 aliphatic heterocycles. The minimum absolute atomic E-state index is 0.0244. The molecule has 4 rings (SSSR count). The van der Waals surface area contributed by atoms with E-state index in [4.69, 9.17) is 21.1 Å². The Kier molecular flexibility index (Phi) is 9.45. The number of anilines is 1. The number of fused-ring (bicyclic) bond motifs is 2. The molecular formula is C27H26N6O10S2. The summed E-state index contributed by atoms with van der Waals surface area (Å²) in [5, 5.41) is 23.5. The number of carbonyl (C=O) groups is 2. The Morgan fingerprint density at radius 2 is 1.62 bits per heavy atom. The van der Waals surface area contributed by atoms with Crippen molar-refractivity contribution in [1.82, 2.24) is 5.32 Å². The van der Waals surface area contributed by atoms with E-state index < -0.39 is 69.9 Å². The summed E-state index contributed by atoms with van der Waals surface area (Å²) < 4.78 is 74.8. The number of hydrogen-bond donors (Lipinski definition) is 6. The highest BCUT2D eigenvalue weighted by molar-refractivity contribution is 7.86. The summed E-state index contributed by atoms with van der Waals surface area (Å²) in [5.41, 5.74) is 12.1. The van der Waals surface area contributed by atoms with Crippen LogP contribution in [0.2, 0.25) is 0 Å². The van der Waals surface area contributed by atoms with Gasteiger partial charge in [0.1, 0.15) is 0 Å². The molecule has 2 aromatic carbocycles. The van der Waals surface area contributed by atoms with E-state index in [0.717, 1.165) is 31.0 Å². The molecule has 45 heavy (non-hydrogen) atoms. The van der Waals surface area contributed by atoms with Crippen molar-refractivity contribution in [2.45, 2.75) is 35.5 Å². The number of nitrogen functional groups attached to an aromatic ring is 1. The topological polar surface area (TPSA) is 287 Å². The van der Waals surface area contributed by atoms with Crippen molar-refractivity contribution < 1.29 is 45.1 Å². The average molecular weight is 659 g/mol. The van der Waals surface area contributed by atoms with E-state index in [1.165, 1.54) is 24.3 Å². The molecule has 236 valence electrons. The highest BCUT2D eigenvalue weighted by Gasteiger charge is 2.31. The number of benzene rings is 3. The molecular weight excluding hydrogens is 632 g/mol. The standard InChI is InChI=1S/C27H26N6O10S2/c28-19-9-7-16-21(17-8-10-20(29)25(45(40,41)42)23(17)43-22(16)24(19)44(37,38)39)15-6-5-14(13-18(15)27(35)36)26(34)31-11-3-1-2-4-12-32-33-30/h5-10,13,28H,1-4,11-12,29H2,(H,31,34)(H,35,36)(H,37,38,39)(H,40,41,42). The van der Waals surface area contributed by atoms with Gasteiger partial charge in [-0.05, 0) is 60.3 Å². The van der Waals surface area contributed by atoms with E-state index in [1.54, 1.807) is 0 Å². The molecule has 1 amide bonds. The van der Waals surface area contributed by atoms with Crippen molar-refractivity contribution in [1.29, 1.82) is 5.41 Å². The number of carbonyl (C=O) groups excluding carboxylic acids is 1. The van der Waals surface area contributed by atoms with Crippen molar-refractivity contribution >= 4 is 48.8 Å². The second kappa shape index (κ2) is 12.9. The van der Waals surface area contributed by atoms with Crippen LogP contribution in [0.15, 0.2) is 61.8 Å². The SMILES string of the molecule is [N-]=[N+]=NCCCCCCNC(=O)c1ccc(-c2c3ccc(=N)c(S(=O)(=O)O)c-3oc3c(S(=O)(=O)O)c(N)ccc23)c(C(=O)O)c1. The Morgan fingerprint density at radius 1 is 0.956 bits per heavy atom. The van der Waals surface area contributed by atoms with Crippen LogP contribution >= 0.6 is 0 Å². The van der Waals surface area contributed by atoms with Gasteiger partial charge in [-0.15, -0.1) is 0 Å². The number of rotatable bonds is 12. The number of aromatic carboxylic acids is 1. The van der Waals surface area contributed by atoms with Gasteiger partial charge in [0.05, 0.1) is 16.6 Å². The molecule has 0 unspecified atom stereocenters. The number of nitrogens with two attached hydrogens (primary N) is 1. The van der Waals surface area contributed by atoms with Crippen molar-refractivity contribution in [2.75, 3.05) is 18.8 Å². The molecule has 1 aliphatic carbocycles. The van der Waals surface area contributed by atoms with E-state index in [0.29, 0.717) is 19.4 Å². The molecule has 2 aromatic rings. The summed E-state index contributed by atoms with van der Waals surface area (Å²) in [6.07, 6.45) is 2.85. The third kappa shape index (κ3) is 6.89. The van der Waals surface area contributed by atoms with Crippen LogP contribution < -0.4 is 16.4 Å². The highest BCUT2D eigenvalue weighted by Crippen LogP contribution is 2.45. The van der Waals surface area contributed by atoms with E-state index in [1.807, 2.05) is 0 Å². The van der Waals surface area contributed by atoms with Gasteiger partial charge in [0, 0.05) is 40.1 Å². The predicted octanol–water partition coefficient (Wildman–Crippen LogP) is 4.06. The van der Waals surface area contributed by atoms with Gasteiger partial charge in [-0.2, -0.15) is 16.8 Å². The third-order valence-corrected chi connectivity index (χ3v) is 8.69. The van der Waals surface area contributed by atoms with Gasteiger partial charge < -0.3 is 20.6 Å². The lowest BCUT2D eigenvalue weighted by Crippen LogP contribution is -2.24. The first-order chi connectivity index (χ1) is 21.2. The van der Waals surface area contributed by atoms with Gasteiger partial charge >= 0.3 is 5.97 Å². The van der Waals surface area contributed by atoms with Gasteiger partial charge in [-0.25, -0.2) is 4.79 Å². The summed E-state index contributed by atoms with van der Waals surface area (Å²) in [7, 11) is -10.3. The molecule has 0 atom stereocenters. The number of azide groups is 1. The fraction of sp³-hybridized carbons (Fsp3) is 0.222. The van der Waals surface area contributed by atoms with Crippen molar-refractivity contribution in [3.05, 3.63) is 69.4 Å². The zero-order valence-corrected chi connectivity index (χ0v) is 24.9. The molecule has 0 saturated heterocycles. The first-order valence-electron chi connectivity index (χ1n) is 13.1. The molecule has 0 bridgehead atoms. The van der Waals surface area contributed by atoms with Crippen LogP contribution in [-0.4, -0.2) is 56.0 Å². The fourth-order valence-corrected chi connectivity index (χ4v) is 6.37. The maximum absolute atomic E-state index is 12.9. The number of nitrogens with one attached hydrogen (secondary N) is 2. The molecule has 0 saturated carbocycles. The lowest BCUT2D eigenvalue weighted by Gasteiger charge is -2.20. The summed E-state index contributed by atoms with van der Waals surface area (Å²) in [5.74, 6) is -2.79. The van der Waals surface area contributed by atoms with Crippen molar-refractivity contribution in [2.24, 2.45) is 5.11 Å². The molecule has 0 spiro atoms. The number of carboxylic acid groups (broad SMARTS) is 1. The number of nitrogens with zero attached hydrogens (tertiary/aromatic N) is 3. The van der Waals surface area contributed by atoms with Gasteiger partial charge in [-0.3, -0.25) is 19.3 Å². The van der Waals surface area contributed by atoms with E-state index in [-0.39, 0.29) is 34.2 Å². The molecule has 16 nitrogen and oxygen atoms in total. The molecule has 7 N–H and O–H groups in total. The van der Waals surface area contributed by atoms with Gasteiger partial charge in [-0.1, -0.05) is 24.0 Å². The Morgan fingerprint density at radius 3 is 2.27 bits per heavy atom. The molecule has 0 aromatic heterocycles. The molecule has 1 heterocycles.